The molecule has 0 spiro atoms. The lowest BCUT2D eigenvalue weighted by Crippen LogP contribution is -2.52. The van der Waals surface area contributed by atoms with Gasteiger partial charge in [0.15, 0.2) is 0 Å². The van der Waals surface area contributed by atoms with E-state index in [4.69, 9.17) is 4.74 Å². The fourth-order valence-corrected chi connectivity index (χ4v) is 4.10. The molecular formula is C20H32N4O5S. The predicted molar refractivity (Wildman–Crippen MR) is 116 cm³/mol. The number of amides is 2. The molecule has 1 saturated heterocycles. The molecule has 0 radical (unpaired) electrons. The van der Waals surface area contributed by atoms with Gasteiger partial charge in [-0.25, -0.2) is 8.42 Å². The van der Waals surface area contributed by atoms with Crippen molar-refractivity contribution in [3.8, 4) is 5.75 Å². The molecule has 10 heteroatoms. The number of carbonyl (C=O) groups is 2. The molecule has 0 unspecified atom stereocenters. The first kappa shape index (κ1) is 23.9. The Bertz CT molecular complexity index is 803. The van der Waals surface area contributed by atoms with Crippen LogP contribution in [0.2, 0.25) is 0 Å². The largest absolute Gasteiger partial charge is 0.491 e. The topological polar surface area (TPSA) is 108 Å². The monoisotopic (exact) mass is 440 g/mol. The van der Waals surface area contributed by atoms with Crippen LogP contribution in [0.25, 0.3) is 0 Å². The number of rotatable bonds is 10. The van der Waals surface area contributed by atoms with Crippen LogP contribution < -0.4 is 14.8 Å². The molecule has 1 fully saturated rings. The number of nitrogens with zero attached hydrogens (tertiary/aromatic N) is 2. The van der Waals surface area contributed by atoms with E-state index in [9.17, 15) is 18.0 Å². The highest BCUT2D eigenvalue weighted by atomic mass is 32.2. The summed E-state index contributed by atoms with van der Waals surface area (Å²) in [7, 11) is -3.82. The quantitative estimate of drug-likeness (QED) is 0.559. The predicted octanol–water partition coefficient (Wildman–Crippen LogP) is 0.886. The lowest BCUT2D eigenvalue weighted by Gasteiger charge is -2.34. The van der Waals surface area contributed by atoms with E-state index in [1.165, 1.54) is 4.90 Å². The Morgan fingerprint density at radius 3 is 2.30 bits per heavy atom. The van der Waals surface area contributed by atoms with Gasteiger partial charge in [0.1, 0.15) is 11.5 Å². The van der Waals surface area contributed by atoms with Crippen LogP contribution in [0.5, 0.6) is 5.75 Å². The van der Waals surface area contributed by atoms with Crippen molar-refractivity contribution in [1.82, 2.24) is 15.1 Å². The Labute approximate surface area is 178 Å². The smallest absolute Gasteiger partial charge is 0.241 e. The molecule has 0 saturated carbocycles. The summed E-state index contributed by atoms with van der Waals surface area (Å²) in [6.45, 7) is 8.61. The molecule has 0 aliphatic carbocycles. The first-order valence-corrected chi connectivity index (χ1v) is 11.9. The molecule has 0 atom stereocenters. The maximum Gasteiger partial charge on any atom is 0.241 e. The zero-order valence-corrected chi connectivity index (χ0v) is 18.7. The Balaban J connectivity index is 1.80. The number of piperazine rings is 1. The fourth-order valence-electron chi connectivity index (χ4n) is 3.02. The Hall–Kier alpha value is -2.33. The van der Waals surface area contributed by atoms with Gasteiger partial charge in [0.05, 0.1) is 12.6 Å². The first-order chi connectivity index (χ1) is 14.2. The zero-order chi connectivity index (χ0) is 22.1. The fraction of sp³-hybridized carbons (Fsp3) is 0.600. The summed E-state index contributed by atoms with van der Waals surface area (Å²) in [4.78, 5) is 27.7. The van der Waals surface area contributed by atoms with Crippen molar-refractivity contribution < 1.29 is 22.7 Å². The molecule has 1 heterocycles. The molecule has 2 amide bonds. The third-order valence-electron chi connectivity index (χ3n) is 4.48. The van der Waals surface area contributed by atoms with Crippen LogP contribution in [0, 0.1) is 0 Å². The number of hydrogen-bond acceptors (Lipinski definition) is 6. The summed E-state index contributed by atoms with van der Waals surface area (Å²) >= 11 is 0. The minimum atomic E-state index is -3.82. The van der Waals surface area contributed by atoms with Crippen molar-refractivity contribution in [2.24, 2.45) is 0 Å². The van der Waals surface area contributed by atoms with Crippen molar-refractivity contribution in [1.29, 1.82) is 0 Å². The van der Waals surface area contributed by atoms with Gasteiger partial charge in [-0.05, 0) is 44.5 Å². The van der Waals surface area contributed by atoms with E-state index in [-0.39, 0.29) is 12.0 Å². The van der Waals surface area contributed by atoms with E-state index in [1.807, 2.05) is 25.7 Å². The van der Waals surface area contributed by atoms with Gasteiger partial charge in [0.2, 0.25) is 21.8 Å². The summed E-state index contributed by atoms with van der Waals surface area (Å²) in [5, 5.41) is 2.82. The van der Waals surface area contributed by atoms with Gasteiger partial charge < -0.3 is 15.0 Å². The van der Waals surface area contributed by atoms with Crippen LogP contribution >= 0.6 is 0 Å². The lowest BCUT2D eigenvalue weighted by molar-refractivity contribution is -0.130. The van der Waals surface area contributed by atoms with E-state index in [0.717, 1.165) is 6.42 Å². The van der Waals surface area contributed by atoms with Crippen LogP contribution in [0.4, 0.5) is 5.69 Å². The van der Waals surface area contributed by atoms with Crippen molar-refractivity contribution in [3.05, 3.63) is 24.3 Å². The summed E-state index contributed by atoms with van der Waals surface area (Å²) in [5.74, 6) is -0.454. The lowest BCUT2D eigenvalue weighted by atomic mass is 10.3. The molecule has 2 rings (SSSR count). The summed E-state index contributed by atoms with van der Waals surface area (Å²) in [5.41, 5.74) is 0.377. The molecule has 0 aromatic heterocycles. The maximum atomic E-state index is 12.4. The number of nitrogens with one attached hydrogen (secondary N) is 2. The molecule has 1 aromatic carbocycles. The molecular weight excluding hydrogens is 408 g/mol. The highest BCUT2D eigenvalue weighted by Crippen LogP contribution is 2.18. The number of anilines is 1. The number of sulfonamides is 1. The van der Waals surface area contributed by atoms with Crippen LogP contribution in [0.15, 0.2) is 24.3 Å². The van der Waals surface area contributed by atoms with E-state index >= 15 is 0 Å². The van der Waals surface area contributed by atoms with Gasteiger partial charge in [-0.2, -0.15) is 0 Å². The Morgan fingerprint density at radius 1 is 1.10 bits per heavy atom. The molecule has 2 N–H and O–H groups in total. The third-order valence-corrected chi connectivity index (χ3v) is 5.65. The average molecular weight is 441 g/mol. The first-order valence-electron chi connectivity index (χ1n) is 10.2. The second-order valence-corrected chi connectivity index (χ2v) is 9.28. The van der Waals surface area contributed by atoms with E-state index in [0.29, 0.717) is 50.7 Å². The Morgan fingerprint density at radius 2 is 1.73 bits per heavy atom. The van der Waals surface area contributed by atoms with Gasteiger partial charge in [0, 0.05) is 38.4 Å². The Kier molecular flexibility index (Phi) is 8.91. The zero-order valence-electron chi connectivity index (χ0n) is 17.9. The number of hydrogen-bond donors (Lipinski definition) is 2. The molecule has 1 aliphatic heterocycles. The van der Waals surface area contributed by atoms with E-state index in [2.05, 4.69) is 10.0 Å². The van der Waals surface area contributed by atoms with Crippen molar-refractivity contribution in [2.75, 3.05) is 49.7 Å². The number of ether oxygens (including phenoxy) is 1. The summed E-state index contributed by atoms with van der Waals surface area (Å²) in [6.07, 6.45) is 0.906. The highest BCUT2D eigenvalue weighted by molar-refractivity contribution is 7.93. The molecule has 1 aromatic rings. The number of carbonyl (C=O) groups excluding carboxylic acids is 2. The molecule has 30 heavy (non-hydrogen) atoms. The van der Waals surface area contributed by atoms with Crippen molar-refractivity contribution >= 4 is 27.5 Å². The van der Waals surface area contributed by atoms with Crippen molar-refractivity contribution in [3.63, 3.8) is 0 Å². The van der Waals surface area contributed by atoms with Gasteiger partial charge in [-0.15, -0.1) is 0 Å². The standard InChI is InChI=1S/C20H32N4O5S/c1-4-9-21-19(25)14-23-10-12-24(13-11-23)20(26)15-30(27,28)22-17-5-7-18(8-6-17)29-16(2)3/h5-8,16,22H,4,9-15H2,1-3H3,(H,21,25). The van der Waals surface area contributed by atoms with Crippen LogP contribution in [-0.2, 0) is 19.6 Å². The summed E-state index contributed by atoms with van der Waals surface area (Å²) in [6, 6.07) is 6.55. The van der Waals surface area contributed by atoms with Gasteiger partial charge in [0.25, 0.3) is 0 Å². The highest BCUT2D eigenvalue weighted by Gasteiger charge is 2.26. The second kappa shape index (κ2) is 11.2. The summed E-state index contributed by atoms with van der Waals surface area (Å²) < 4.78 is 32.7. The molecule has 0 bridgehead atoms. The molecule has 1 aliphatic rings. The normalized spacial score (nSPS) is 15.1. The average Bonchev–Trinajstić information content (AvgIpc) is 2.67. The minimum Gasteiger partial charge on any atom is -0.491 e. The van der Waals surface area contributed by atoms with Crippen molar-refractivity contribution in [2.45, 2.75) is 33.3 Å². The minimum absolute atomic E-state index is 0.0244. The van der Waals surface area contributed by atoms with E-state index in [1.54, 1.807) is 24.3 Å². The third kappa shape index (κ3) is 8.19. The van der Waals surface area contributed by atoms with Gasteiger partial charge in [-0.1, -0.05) is 6.92 Å². The van der Waals surface area contributed by atoms with Gasteiger partial charge in [-0.3, -0.25) is 19.2 Å². The molecule has 9 nitrogen and oxygen atoms in total. The number of benzene rings is 1. The van der Waals surface area contributed by atoms with Gasteiger partial charge >= 0.3 is 0 Å². The SMILES string of the molecule is CCCNC(=O)CN1CCN(C(=O)CS(=O)(=O)Nc2ccc(OC(C)C)cc2)CC1. The maximum absolute atomic E-state index is 12.4. The molecule has 168 valence electrons. The van der Waals surface area contributed by atoms with E-state index < -0.39 is 21.7 Å². The van der Waals surface area contributed by atoms with Crippen LogP contribution in [0.3, 0.4) is 0 Å². The second-order valence-electron chi connectivity index (χ2n) is 7.56. The van der Waals surface area contributed by atoms with Crippen LogP contribution in [-0.4, -0.2) is 81.2 Å². The van der Waals surface area contributed by atoms with Crippen LogP contribution in [0.1, 0.15) is 27.2 Å².